The predicted molar refractivity (Wildman–Crippen MR) is 89.5 cm³/mol. The summed E-state index contributed by atoms with van der Waals surface area (Å²) in [6.45, 7) is 6.02. The van der Waals surface area contributed by atoms with Gasteiger partial charge in [-0.05, 0) is 51.4 Å². The van der Waals surface area contributed by atoms with Gasteiger partial charge in [-0.2, -0.15) is 0 Å². The van der Waals surface area contributed by atoms with Gasteiger partial charge < -0.3 is 20.3 Å². The zero-order valence-corrected chi connectivity index (χ0v) is 13.0. The van der Waals surface area contributed by atoms with Gasteiger partial charge in [-0.25, -0.2) is 0 Å². The maximum absolute atomic E-state index is 5.48. The Morgan fingerprint density at radius 2 is 2.25 bits per heavy atom. The summed E-state index contributed by atoms with van der Waals surface area (Å²) in [6, 6.07) is 7.70. The first-order valence-corrected chi connectivity index (χ1v) is 7.06. The number of nitrogens with one attached hydrogen (secondary N) is 2. The molecule has 0 amide bonds. The maximum Gasteiger partial charge on any atom is 0.170 e. The number of nitrogens with zero attached hydrogens (tertiary/aromatic N) is 1. The number of hydrogen-bond acceptors (Lipinski definition) is 3. The standard InChI is InChI=1S/C15H23N3OS/c1-4-11-19-14-8-5-7-13(12-14)17-15(20)16-9-6-10-18(2)3/h4-5,7-8,12H,1,6,9-11H2,2-3H3,(H2,16,17,20). The van der Waals surface area contributed by atoms with Crippen LogP contribution in [0.15, 0.2) is 36.9 Å². The molecule has 1 aromatic rings. The SMILES string of the molecule is C=CCOc1cccc(NC(=S)NCCCN(C)C)c1. The van der Waals surface area contributed by atoms with Gasteiger partial charge in [0.2, 0.25) is 0 Å². The van der Waals surface area contributed by atoms with Crippen LogP contribution in [0.1, 0.15) is 6.42 Å². The Labute approximate surface area is 126 Å². The van der Waals surface area contributed by atoms with E-state index in [0.29, 0.717) is 11.7 Å². The van der Waals surface area contributed by atoms with Crippen LogP contribution in [-0.2, 0) is 0 Å². The van der Waals surface area contributed by atoms with E-state index in [4.69, 9.17) is 17.0 Å². The van der Waals surface area contributed by atoms with Gasteiger partial charge in [0.05, 0.1) is 0 Å². The summed E-state index contributed by atoms with van der Waals surface area (Å²) in [5.41, 5.74) is 0.914. The van der Waals surface area contributed by atoms with E-state index in [1.54, 1.807) is 6.08 Å². The van der Waals surface area contributed by atoms with Crippen LogP contribution in [0.3, 0.4) is 0 Å². The third kappa shape index (κ3) is 7.11. The number of rotatable bonds is 8. The summed E-state index contributed by atoms with van der Waals surface area (Å²) in [5, 5.41) is 6.96. The smallest absolute Gasteiger partial charge is 0.170 e. The van der Waals surface area contributed by atoms with Crippen molar-refractivity contribution in [2.75, 3.05) is 39.1 Å². The highest BCUT2D eigenvalue weighted by Gasteiger charge is 1.99. The molecule has 4 nitrogen and oxygen atoms in total. The highest BCUT2D eigenvalue weighted by molar-refractivity contribution is 7.80. The van der Waals surface area contributed by atoms with E-state index in [-0.39, 0.29) is 0 Å². The van der Waals surface area contributed by atoms with Gasteiger partial charge in [0.25, 0.3) is 0 Å². The highest BCUT2D eigenvalue weighted by atomic mass is 32.1. The number of benzene rings is 1. The van der Waals surface area contributed by atoms with E-state index in [9.17, 15) is 0 Å². The second-order valence-corrected chi connectivity index (χ2v) is 5.07. The van der Waals surface area contributed by atoms with E-state index in [1.165, 1.54) is 0 Å². The molecule has 0 saturated heterocycles. The molecule has 2 N–H and O–H groups in total. The number of ether oxygens (including phenoxy) is 1. The molecule has 0 aliphatic carbocycles. The Morgan fingerprint density at radius 1 is 1.45 bits per heavy atom. The Kier molecular flexibility index (Phi) is 7.69. The third-order valence-electron chi connectivity index (χ3n) is 2.53. The van der Waals surface area contributed by atoms with Gasteiger partial charge in [-0.1, -0.05) is 18.7 Å². The van der Waals surface area contributed by atoms with Crippen molar-refractivity contribution in [2.45, 2.75) is 6.42 Å². The van der Waals surface area contributed by atoms with Crippen molar-refractivity contribution in [3.8, 4) is 5.75 Å². The lowest BCUT2D eigenvalue weighted by Crippen LogP contribution is -2.30. The molecule has 0 radical (unpaired) electrons. The molecule has 0 heterocycles. The van der Waals surface area contributed by atoms with Crippen molar-refractivity contribution < 1.29 is 4.74 Å². The Morgan fingerprint density at radius 3 is 2.95 bits per heavy atom. The maximum atomic E-state index is 5.48. The molecular weight excluding hydrogens is 270 g/mol. The van der Waals surface area contributed by atoms with Crippen LogP contribution in [0.2, 0.25) is 0 Å². The van der Waals surface area contributed by atoms with E-state index < -0.39 is 0 Å². The van der Waals surface area contributed by atoms with Crippen molar-refractivity contribution in [1.29, 1.82) is 0 Å². The fraction of sp³-hybridized carbons (Fsp3) is 0.400. The normalized spacial score (nSPS) is 10.2. The molecule has 20 heavy (non-hydrogen) atoms. The second kappa shape index (κ2) is 9.34. The van der Waals surface area contributed by atoms with E-state index in [0.717, 1.165) is 30.9 Å². The molecule has 0 aromatic heterocycles. The van der Waals surface area contributed by atoms with Gasteiger partial charge in [0.15, 0.2) is 5.11 Å². The summed E-state index contributed by atoms with van der Waals surface area (Å²) < 4.78 is 5.48. The predicted octanol–water partition coefficient (Wildman–Crippen LogP) is 2.49. The molecule has 0 spiro atoms. The highest BCUT2D eigenvalue weighted by Crippen LogP contribution is 2.17. The van der Waals surface area contributed by atoms with Crippen molar-refractivity contribution >= 4 is 23.0 Å². The first kappa shape index (κ1) is 16.5. The van der Waals surface area contributed by atoms with Gasteiger partial charge in [0.1, 0.15) is 12.4 Å². The van der Waals surface area contributed by atoms with Crippen LogP contribution in [-0.4, -0.2) is 43.8 Å². The van der Waals surface area contributed by atoms with E-state index in [1.807, 2.05) is 24.3 Å². The molecule has 1 rings (SSSR count). The molecule has 0 saturated carbocycles. The zero-order chi connectivity index (χ0) is 14.8. The number of thiocarbonyl (C=S) groups is 1. The first-order valence-electron chi connectivity index (χ1n) is 6.65. The molecular formula is C15H23N3OS. The second-order valence-electron chi connectivity index (χ2n) is 4.67. The Balaban J connectivity index is 2.35. The lowest BCUT2D eigenvalue weighted by atomic mass is 10.3. The lowest BCUT2D eigenvalue weighted by Gasteiger charge is -2.13. The van der Waals surface area contributed by atoms with Crippen LogP contribution >= 0.6 is 12.2 Å². The van der Waals surface area contributed by atoms with Crippen LogP contribution < -0.4 is 15.4 Å². The molecule has 5 heteroatoms. The average molecular weight is 293 g/mol. The fourth-order valence-corrected chi connectivity index (χ4v) is 1.81. The van der Waals surface area contributed by atoms with Crippen molar-refractivity contribution in [2.24, 2.45) is 0 Å². The fourth-order valence-electron chi connectivity index (χ4n) is 1.59. The Hall–Kier alpha value is -1.59. The van der Waals surface area contributed by atoms with E-state index in [2.05, 4.69) is 36.2 Å². The molecule has 0 aliphatic heterocycles. The largest absolute Gasteiger partial charge is 0.489 e. The van der Waals surface area contributed by atoms with Gasteiger partial charge in [0, 0.05) is 18.3 Å². The summed E-state index contributed by atoms with van der Waals surface area (Å²) in [6.07, 6.45) is 2.77. The molecule has 0 unspecified atom stereocenters. The zero-order valence-electron chi connectivity index (χ0n) is 12.2. The number of hydrogen-bond donors (Lipinski definition) is 2. The van der Waals surface area contributed by atoms with Crippen LogP contribution in [0.5, 0.6) is 5.75 Å². The van der Waals surface area contributed by atoms with Crippen LogP contribution in [0.4, 0.5) is 5.69 Å². The van der Waals surface area contributed by atoms with Crippen molar-refractivity contribution in [1.82, 2.24) is 10.2 Å². The van der Waals surface area contributed by atoms with Gasteiger partial charge >= 0.3 is 0 Å². The van der Waals surface area contributed by atoms with Crippen LogP contribution in [0.25, 0.3) is 0 Å². The summed E-state index contributed by atoms with van der Waals surface area (Å²) in [7, 11) is 4.12. The average Bonchev–Trinajstić information content (AvgIpc) is 2.41. The molecule has 0 atom stereocenters. The van der Waals surface area contributed by atoms with Gasteiger partial charge in [-0.3, -0.25) is 0 Å². The van der Waals surface area contributed by atoms with E-state index >= 15 is 0 Å². The molecule has 0 bridgehead atoms. The minimum atomic E-state index is 0.497. The Bertz CT molecular complexity index is 435. The molecule has 0 aliphatic rings. The minimum Gasteiger partial charge on any atom is -0.489 e. The molecule has 0 fully saturated rings. The number of anilines is 1. The quantitative estimate of drug-likeness (QED) is 0.437. The lowest BCUT2D eigenvalue weighted by molar-refractivity contribution is 0.363. The first-order chi connectivity index (χ1) is 9.61. The van der Waals surface area contributed by atoms with Crippen molar-refractivity contribution in [3.63, 3.8) is 0 Å². The van der Waals surface area contributed by atoms with Crippen molar-refractivity contribution in [3.05, 3.63) is 36.9 Å². The van der Waals surface area contributed by atoms with Gasteiger partial charge in [-0.15, -0.1) is 0 Å². The summed E-state index contributed by atoms with van der Waals surface area (Å²) in [4.78, 5) is 2.15. The summed E-state index contributed by atoms with van der Waals surface area (Å²) >= 11 is 5.25. The summed E-state index contributed by atoms with van der Waals surface area (Å²) in [5.74, 6) is 0.797. The molecule has 110 valence electrons. The third-order valence-corrected chi connectivity index (χ3v) is 2.77. The minimum absolute atomic E-state index is 0.497. The monoisotopic (exact) mass is 293 g/mol. The topological polar surface area (TPSA) is 36.5 Å². The molecule has 1 aromatic carbocycles. The van der Waals surface area contributed by atoms with Crippen LogP contribution in [0, 0.1) is 0 Å².